The van der Waals surface area contributed by atoms with Crippen LogP contribution in [0.5, 0.6) is 0 Å². The molecule has 0 saturated heterocycles. The van der Waals surface area contributed by atoms with E-state index in [2.05, 4.69) is 5.32 Å². The molecule has 1 aromatic rings. The second kappa shape index (κ2) is 8.08. The van der Waals surface area contributed by atoms with Crippen molar-refractivity contribution in [3.8, 4) is 0 Å². The number of likely N-dealkylation sites (N-methyl/N-ethyl adjacent to an activating group) is 1. The third-order valence-electron chi connectivity index (χ3n) is 3.29. The molecule has 4 nitrogen and oxygen atoms in total. The van der Waals surface area contributed by atoms with Crippen LogP contribution in [0.3, 0.4) is 0 Å². The Kier molecular flexibility index (Phi) is 6.75. The molecule has 1 N–H and O–H groups in total. The topological polar surface area (TPSA) is 49.4 Å². The van der Waals surface area contributed by atoms with Gasteiger partial charge in [0.2, 0.25) is 11.8 Å². The molecular formula is C16H24N2O2S. The molecule has 1 unspecified atom stereocenters. The van der Waals surface area contributed by atoms with Gasteiger partial charge in [0.25, 0.3) is 0 Å². The molecule has 0 bridgehead atoms. The van der Waals surface area contributed by atoms with Crippen molar-refractivity contribution in [1.82, 2.24) is 4.90 Å². The van der Waals surface area contributed by atoms with E-state index in [0.717, 1.165) is 11.3 Å². The van der Waals surface area contributed by atoms with Crippen molar-refractivity contribution in [3.63, 3.8) is 0 Å². The number of nitrogens with zero attached hydrogens (tertiary/aromatic N) is 1. The van der Waals surface area contributed by atoms with Gasteiger partial charge in [0.1, 0.15) is 5.25 Å². The number of thioether (sulfide) groups is 1. The molecule has 0 aromatic heterocycles. The zero-order valence-electron chi connectivity index (χ0n) is 13.3. The van der Waals surface area contributed by atoms with E-state index in [0.29, 0.717) is 6.54 Å². The van der Waals surface area contributed by atoms with Crippen LogP contribution >= 0.6 is 11.8 Å². The fraction of sp³-hybridized carbons (Fsp3) is 0.500. The second-order valence-electron chi connectivity index (χ2n) is 5.24. The monoisotopic (exact) mass is 308 g/mol. The van der Waals surface area contributed by atoms with E-state index in [1.165, 1.54) is 11.8 Å². The van der Waals surface area contributed by atoms with Crippen molar-refractivity contribution in [2.24, 2.45) is 5.92 Å². The van der Waals surface area contributed by atoms with E-state index >= 15 is 0 Å². The van der Waals surface area contributed by atoms with Gasteiger partial charge in [-0.15, -0.1) is 11.8 Å². The summed E-state index contributed by atoms with van der Waals surface area (Å²) in [6.07, 6.45) is 1.92. The molecule has 5 heteroatoms. The first kappa shape index (κ1) is 17.6. The Hall–Kier alpha value is -1.49. The van der Waals surface area contributed by atoms with Gasteiger partial charge in [0.05, 0.1) is 0 Å². The van der Waals surface area contributed by atoms with Crippen molar-refractivity contribution in [1.29, 1.82) is 0 Å². The third-order valence-corrected chi connectivity index (χ3v) is 4.24. The molecule has 0 saturated carbocycles. The van der Waals surface area contributed by atoms with Crippen LogP contribution in [0.4, 0.5) is 5.69 Å². The molecular weight excluding hydrogens is 284 g/mol. The number of hydrogen-bond acceptors (Lipinski definition) is 3. The number of amides is 2. The Balaban J connectivity index is 2.96. The summed E-state index contributed by atoms with van der Waals surface area (Å²) >= 11 is 1.50. The quantitative estimate of drug-likeness (QED) is 0.878. The highest BCUT2D eigenvalue weighted by atomic mass is 32.2. The normalized spacial score (nSPS) is 12.1. The SMILES string of the molecule is CCN(C)C(=O)C(SC)c1cccc(NC(=O)C(C)C)c1. The van der Waals surface area contributed by atoms with Crippen molar-refractivity contribution >= 4 is 29.3 Å². The Bertz CT molecular complexity index is 503. The van der Waals surface area contributed by atoms with Crippen molar-refractivity contribution < 1.29 is 9.59 Å². The summed E-state index contributed by atoms with van der Waals surface area (Å²) in [6, 6.07) is 7.51. The Morgan fingerprint density at radius 2 is 2.00 bits per heavy atom. The van der Waals surface area contributed by atoms with Gasteiger partial charge in [0, 0.05) is 25.2 Å². The number of carbonyl (C=O) groups is 2. The summed E-state index contributed by atoms with van der Waals surface area (Å²) in [7, 11) is 1.80. The predicted octanol–water partition coefficient (Wildman–Crippen LogP) is 3.16. The highest BCUT2D eigenvalue weighted by Crippen LogP contribution is 2.30. The average molecular weight is 308 g/mol. The van der Waals surface area contributed by atoms with Gasteiger partial charge in [-0.25, -0.2) is 0 Å². The van der Waals surface area contributed by atoms with Gasteiger partial charge in [-0.3, -0.25) is 9.59 Å². The van der Waals surface area contributed by atoms with Crippen molar-refractivity contribution in [2.75, 3.05) is 25.2 Å². The van der Waals surface area contributed by atoms with Crippen LogP contribution in [0.2, 0.25) is 0 Å². The molecule has 0 spiro atoms. The lowest BCUT2D eigenvalue weighted by molar-refractivity contribution is -0.129. The second-order valence-corrected chi connectivity index (χ2v) is 6.18. The summed E-state index contributed by atoms with van der Waals surface area (Å²) in [4.78, 5) is 25.8. The minimum atomic E-state index is -0.245. The fourth-order valence-corrected chi connectivity index (χ4v) is 2.60. The summed E-state index contributed by atoms with van der Waals surface area (Å²) in [6.45, 7) is 6.33. The van der Waals surface area contributed by atoms with Crippen LogP contribution in [0.15, 0.2) is 24.3 Å². The van der Waals surface area contributed by atoms with Gasteiger partial charge in [-0.1, -0.05) is 26.0 Å². The molecule has 0 aliphatic heterocycles. The molecule has 1 aromatic carbocycles. The minimum Gasteiger partial charge on any atom is -0.345 e. The first-order chi connectivity index (χ1) is 9.90. The first-order valence-corrected chi connectivity index (χ1v) is 8.38. The first-order valence-electron chi connectivity index (χ1n) is 7.09. The molecule has 21 heavy (non-hydrogen) atoms. The summed E-state index contributed by atoms with van der Waals surface area (Å²) in [5.74, 6) is -0.0138. The number of hydrogen-bond donors (Lipinski definition) is 1. The van der Waals surface area contributed by atoms with Crippen LogP contribution < -0.4 is 5.32 Å². The number of rotatable bonds is 6. The Morgan fingerprint density at radius 3 is 2.52 bits per heavy atom. The van der Waals surface area contributed by atoms with Gasteiger partial charge >= 0.3 is 0 Å². The maximum absolute atomic E-state index is 12.4. The van der Waals surface area contributed by atoms with E-state index in [-0.39, 0.29) is 23.0 Å². The fourth-order valence-electron chi connectivity index (χ4n) is 1.80. The van der Waals surface area contributed by atoms with Gasteiger partial charge in [-0.2, -0.15) is 0 Å². The minimum absolute atomic E-state index is 0.0233. The van der Waals surface area contributed by atoms with Crippen LogP contribution in [-0.4, -0.2) is 36.6 Å². The van der Waals surface area contributed by atoms with Crippen LogP contribution in [-0.2, 0) is 9.59 Å². The zero-order valence-corrected chi connectivity index (χ0v) is 14.2. The maximum atomic E-state index is 12.4. The molecule has 0 heterocycles. The highest BCUT2D eigenvalue weighted by Gasteiger charge is 2.22. The lowest BCUT2D eigenvalue weighted by Gasteiger charge is -2.22. The van der Waals surface area contributed by atoms with Gasteiger partial charge in [0.15, 0.2) is 0 Å². The standard InChI is InChI=1S/C16H24N2O2S/c1-6-18(4)16(20)14(21-5)12-8-7-9-13(10-12)17-15(19)11(2)3/h7-11,14H,6H2,1-5H3,(H,17,19). The van der Waals surface area contributed by atoms with E-state index in [1.807, 2.05) is 51.3 Å². The lowest BCUT2D eigenvalue weighted by Crippen LogP contribution is -2.30. The Morgan fingerprint density at radius 1 is 1.33 bits per heavy atom. The summed E-state index contributed by atoms with van der Waals surface area (Å²) in [5, 5.41) is 2.63. The number of anilines is 1. The number of nitrogens with one attached hydrogen (secondary N) is 1. The van der Waals surface area contributed by atoms with Crippen molar-refractivity contribution in [3.05, 3.63) is 29.8 Å². The molecule has 1 rings (SSSR count). The third kappa shape index (κ3) is 4.77. The molecule has 116 valence electrons. The predicted molar refractivity (Wildman–Crippen MR) is 89.5 cm³/mol. The summed E-state index contributed by atoms with van der Waals surface area (Å²) in [5.41, 5.74) is 1.64. The van der Waals surface area contributed by atoms with E-state index in [9.17, 15) is 9.59 Å². The molecule has 1 atom stereocenters. The number of carbonyl (C=O) groups excluding carboxylic acids is 2. The summed E-state index contributed by atoms with van der Waals surface area (Å²) < 4.78 is 0. The maximum Gasteiger partial charge on any atom is 0.239 e. The highest BCUT2D eigenvalue weighted by molar-refractivity contribution is 7.99. The smallest absolute Gasteiger partial charge is 0.239 e. The molecule has 0 radical (unpaired) electrons. The van der Waals surface area contributed by atoms with Crippen molar-refractivity contribution in [2.45, 2.75) is 26.0 Å². The largest absolute Gasteiger partial charge is 0.345 e. The lowest BCUT2D eigenvalue weighted by atomic mass is 10.1. The van der Waals surface area contributed by atoms with Gasteiger partial charge in [-0.05, 0) is 30.9 Å². The van der Waals surface area contributed by atoms with Crippen LogP contribution in [0.1, 0.15) is 31.6 Å². The molecule has 2 amide bonds. The molecule has 0 aliphatic carbocycles. The van der Waals surface area contributed by atoms with Crippen LogP contribution in [0.25, 0.3) is 0 Å². The number of benzene rings is 1. The van der Waals surface area contributed by atoms with Crippen LogP contribution in [0, 0.1) is 5.92 Å². The molecule has 0 aliphatic rings. The Labute approximate surface area is 131 Å². The zero-order chi connectivity index (χ0) is 16.0. The average Bonchev–Trinajstić information content (AvgIpc) is 2.47. The molecule has 0 fully saturated rings. The van der Waals surface area contributed by atoms with E-state index in [4.69, 9.17) is 0 Å². The van der Waals surface area contributed by atoms with Gasteiger partial charge < -0.3 is 10.2 Å². The van der Waals surface area contributed by atoms with E-state index < -0.39 is 0 Å². The van der Waals surface area contributed by atoms with E-state index in [1.54, 1.807) is 11.9 Å².